The Morgan fingerprint density at radius 2 is 2.07 bits per heavy atom. The molecule has 2 rings (SSSR count). The molecule has 0 fully saturated rings. The summed E-state index contributed by atoms with van der Waals surface area (Å²) < 4.78 is 10.3. The van der Waals surface area contributed by atoms with E-state index in [-0.39, 0.29) is 18.2 Å². The quantitative estimate of drug-likeness (QED) is 0.548. The zero-order chi connectivity index (χ0) is 21.1. The molecule has 2 aromatic rings. The number of hydrogen-bond donors (Lipinski definition) is 2. The smallest absolute Gasteiger partial charge is 0.273 e. The van der Waals surface area contributed by atoms with Gasteiger partial charge in [0.1, 0.15) is 11.4 Å². The minimum Gasteiger partial charge on any atom is -0.497 e. The lowest BCUT2D eigenvalue weighted by atomic mass is 10.3. The fourth-order valence-electron chi connectivity index (χ4n) is 2.52. The number of carbonyl (C=O) groups is 2. The number of methoxy groups -OCH3 is 2. The Morgan fingerprint density at radius 3 is 2.79 bits per heavy atom. The highest BCUT2D eigenvalue weighted by atomic mass is 32.1. The van der Waals surface area contributed by atoms with Crippen LogP contribution in [0.25, 0.3) is 0 Å². The zero-order valence-corrected chi connectivity index (χ0v) is 17.9. The Morgan fingerprint density at radius 1 is 1.24 bits per heavy atom. The Balaban J connectivity index is 2.01. The number of ether oxygens (including phenoxy) is 2. The lowest BCUT2D eigenvalue weighted by Gasteiger charge is -2.21. The van der Waals surface area contributed by atoms with Crippen LogP contribution < -0.4 is 15.4 Å². The van der Waals surface area contributed by atoms with Crippen molar-refractivity contribution < 1.29 is 19.1 Å². The average Bonchev–Trinajstić information content (AvgIpc) is 3.20. The number of amides is 2. The lowest BCUT2D eigenvalue weighted by Crippen LogP contribution is -2.37. The van der Waals surface area contributed by atoms with Gasteiger partial charge >= 0.3 is 0 Å². The number of benzene rings is 1. The molecule has 0 radical (unpaired) electrons. The van der Waals surface area contributed by atoms with E-state index in [2.05, 4.69) is 15.6 Å². The van der Waals surface area contributed by atoms with E-state index in [1.54, 1.807) is 24.5 Å². The van der Waals surface area contributed by atoms with Crippen molar-refractivity contribution in [1.29, 1.82) is 0 Å². The van der Waals surface area contributed by atoms with Crippen LogP contribution in [0.2, 0.25) is 0 Å². The highest BCUT2D eigenvalue weighted by Crippen LogP contribution is 2.24. The maximum Gasteiger partial charge on any atom is 0.273 e. The average molecular weight is 421 g/mol. The zero-order valence-electron chi connectivity index (χ0n) is 17.1. The van der Waals surface area contributed by atoms with Crippen LogP contribution >= 0.6 is 11.3 Å². The molecule has 0 unspecified atom stereocenters. The molecule has 0 atom stereocenters. The van der Waals surface area contributed by atoms with Crippen LogP contribution in [0, 0.1) is 0 Å². The Hall–Kier alpha value is -2.65. The molecule has 0 bridgehead atoms. The topological polar surface area (TPSA) is 92.8 Å². The van der Waals surface area contributed by atoms with Crippen molar-refractivity contribution in [3.8, 4) is 5.75 Å². The first kappa shape index (κ1) is 22.6. The molecule has 0 saturated carbocycles. The monoisotopic (exact) mass is 420 g/mol. The van der Waals surface area contributed by atoms with Gasteiger partial charge in [0.05, 0.1) is 13.7 Å². The first-order valence-electron chi connectivity index (χ1n) is 9.48. The van der Waals surface area contributed by atoms with Crippen LogP contribution in [0.3, 0.4) is 0 Å². The minimum absolute atomic E-state index is 0.0688. The largest absolute Gasteiger partial charge is 0.497 e. The van der Waals surface area contributed by atoms with Gasteiger partial charge in [-0.05, 0) is 18.6 Å². The Kier molecular flexibility index (Phi) is 9.39. The Labute approximate surface area is 175 Å². The molecule has 0 saturated heterocycles. The second-order valence-electron chi connectivity index (χ2n) is 6.28. The van der Waals surface area contributed by atoms with Crippen molar-refractivity contribution in [2.75, 3.05) is 45.8 Å². The maximum absolute atomic E-state index is 12.9. The van der Waals surface area contributed by atoms with E-state index >= 15 is 0 Å². The van der Waals surface area contributed by atoms with Gasteiger partial charge in [0, 0.05) is 50.3 Å². The summed E-state index contributed by atoms with van der Waals surface area (Å²) in [5.74, 6) is 0.441. The first-order chi connectivity index (χ1) is 14.1. The molecule has 158 valence electrons. The summed E-state index contributed by atoms with van der Waals surface area (Å²) in [6.07, 6.45) is 1.12. The summed E-state index contributed by atoms with van der Waals surface area (Å²) in [6.45, 7) is 3.73. The van der Waals surface area contributed by atoms with Crippen LogP contribution in [-0.2, 0) is 9.53 Å². The third kappa shape index (κ3) is 7.35. The lowest BCUT2D eigenvalue weighted by molar-refractivity contribution is -0.121. The van der Waals surface area contributed by atoms with Gasteiger partial charge in [0.2, 0.25) is 5.91 Å². The van der Waals surface area contributed by atoms with Crippen LogP contribution in [-0.4, -0.2) is 62.2 Å². The predicted molar refractivity (Wildman–Crippen MR) is 114 cm³/mol. The molecule has 29 heavy (non-hydrogen) atoms. The normalized spacial score (nSPS) is 10.4. The summed E-state index contributed by atoms with van der Waals surface area (Å²) in [6, 6.07) is 7.47. The van der Waals surface area contributed by atoms with Crippen LogP contribution in [0.1, 0.15) is 30.3 Å². The number of carbonyl (C=O) groups excluding carboxylic acids is 2. The summed E-state index contributed by atoms with van der Waals surface area (Å²) in [5.41, 5.74) is 1.16. The van der Waals surface area contributed by atoms with Crippen molar-refractivity contribution in [3.63, 3.8) is 0 Å². The highest BCUT2D eigenvalue weighted by molar-refractivity contribution is 7.14. The molecular weight excluding hydrogens is 392 g/mol. The summed E-state index contributed by atoms with van der Waals surface area (Å²) in [5, 5.41) is 8.31. The van der Waals surface area contributed by atoms with Crippen molar-refractivity contribution in [2.45, 2.75) is 19.8 Å². The first-order valence-corrected chi connectivity index (χ1v) is 10.4. The number of aromatic nitrogens is 1. The van der Waals surface area contributed by atoms with E-state index in [1.807, 2.05) is 31.2 Å². The molecular formula is C20H28N4O4S. The van der Waals surface area contributed by atoms with Gasteiger partial charge in [-0.2, -0.15) is 0 Å². The molecule has 0 aliphatic rings. The number of hydrogen-bond acceptors (Lipinski definition) is 7. The second-order valence-corrected chi connectivity index (χ2v) is 7.14. The van der Waals surface area contributed by atoms with E-state index < -0.39 is 0 Å². The fourth-order valence-corrected chi connectivity index (χ4v) is 3.23. The van der Waals surface area contributed by atoms with Crippen molar-refractivity contribution in [2.24, 2.45) is 0 Å². The Bertz CT molecular complexity index is 796. The second kappa shape index (κ2) is 12.0. The summed E-state index contributed by atoms with van der Waals surface area (Å²) in [4.78, 5) is 30.8. The third-order valence-electron chi connectivity index (χ3n) is 4.08. The molecule has 1 aromatic heterocycles. The molecule has 9 heteroatoms. The van der Waals surface area contributed by atoms with Gasteiger partial charge in [-0.3, -0.25) is 9.59 Å². The summed E-state index contributed by atoms with van der Waals surface area (Å²) in [7, 11) is 3.19. The molecule has 1 aromatic carbocycles. The number of nitrogens with one attached hydrogen (secondary N) is 2. The van der Waals surface area contributed by atoms with Crippen molar-refractivity contribution in [1.82, 2.24) is 15.2 Å². The van der Waals surface area contributed by atoms with E-state index in [0.29, 0.717) is 37.1 Å². The van der Waals surface area contributed by atoms with Gasteiger partial charge in [0.25, 0.3) is 5.91 Å². The fraction of sp³-hybridized carbons (Fsp3) is 0.450. The van der Waals surface area contributed by atoms with E-state index in [0.717, 1.165) is 17.9 Å². The SMILES string of the molecule is CCCNC(=O)CCN(CCOC)C(=O)c1csc(Nc2cccc(OC)c2)n1. The van der Waals surface area contributed by atoms with E-state index in [4.69, 9.17) is 9.47 Å². The third-order valence-corrected chi connectivity index (χ3v) is 4.84. The highest BCUT2D eigenvalue weighted by Gasteiger charge is 2.19. The molecule has 2 N–H and O–H groups in total. The van der Waals surface area contributed by atoms with Crippen LogP contribution in [0.15, 0.2) is 29.6 Å². The van der Waals surface area contributed by atoms with Gasteiger partial charge in [-0.1, -0.05) is 13.0 Å². The van der Waals surface area contributed by atoms with Gasteiger partial charge in [-0.25, -0.2) is 4.98 Å². The van der Waals surface area contributed by atoms with Crippen molar-refractivity contribution >= 4 is 34.0 Å². The molecule has 0 aliphatic heterocycles. The molecule has 2 amide bonds. The van der Waals surface area contributed by atoms with Gasteiger partial charge in [-0.15, -0.1) is 11.3 Å². The standard InChI is InChI=1S/C20H28N4O4S/c1-4-9-21-18(25)8-10-24(11-12-27-2)19(26)17-14-29-20(23-17)22-15-6-5-7-16(13-15)28-3/h5-7,13-14H,4,8-12H2,1-3H3,(H,21,25)(H,22,23). The number of nitrogens with zero attached hydrogens (tertiary/aromatic N) is 2. The molecule has 1 heterocycles. The number of thiazole rings is 1. The van der Waals surface area contributed by atoms with E-state index in [1.165, 1.54) is 11.3 Å². The molecule has 0 aliphatic carbocycles. The summed E-state index contributed by atoms with van der Waals surface area (Å²) >= 11 is 1.34. The molecule has 0 spiro atoms. The minimum atomic E-state index is -0.222. The van der Waals surface area contributed by atoms with Gasteiger partial charge in [0.15, 0.2) is 5.13 Å². The van der Waals surface area contributed by atoms with Crippen molar-refractivity contribution in [3.05, 3.63) is 35.3 Å². The molecule has 8 nitrogen and oxygen atoms in total. The predicted octanol–water partition coefficient (Wildman–Crippen LogP) is 2.90. The van der Waals surface area contributed by atoms with Crippen LogP contribution in [0.5, 0.6) is 5.75 Å². The van der Waals surface area contributed by atoms with E-state index in [9.17, 15) is 9.59 Å². The van der Waals surface area contributed by atoms with Gasteiger partial charge < -0.3 is 25.0 Å². The van der Waals surface area contributed by atoms with Crippen LogP contribution in [0.4, 0.5) is 10.8 Å². The number of rotatable bonds is 12. The maximum atomic E-state index is 12.9. The number of anilines is 2.